The maximum atomic E-state index is 12.3. The van der Waals surface area contributed by atoms with Crippen LogP contribution in [0.4, 0.5) is 11.4 Å². The number of nitro benzene ring substituents is 1. The predicted molar refractivity (Wildman–Crippen MR) is 109 cm³/mol. The Bertz CT molecular complexity index is 1050. The summed E-state index contributed by atoms with van der Waals surface area (Å²) < 4.78 is 1.76. The number of nitrogens with zero attached hydrogens (tertiary/aromatic N) is 4. The van der Waals surface area contributed by atoms with E-state index in [0.717, 1.165) is 5.56 Å². The van der Waals surface area contributed by atoms with E-state index in [1.165, 1.54) is 23.9 Å². The molecule has 3 rings (SSSR count). The first-order valence-corrected chi connectivity index (χ1v) is 9.55. The van der Waals surface area contributed by atoms with E-state index in [4.69, 9.17) is 11.6 Å². The fourth-order valence-corrected chi connectivity index (χ4v) is 3.52. The van der Waals surface area contributed by atoms with Crippen molar-refractivity contribution in [3.05, 3.63) is 63.2 Å². The Morgan fingerprint density at radius 2 is 2.00 bits per heavy atom. The molecule has 0 atom stereocenters. The van der Waals surface area contributed by atoms with Crippen LogP contribution >= 0.6 is 23.4 Å². The van der Waals surface area contributed by atoms with Gasteiger partial charge in [-0.05, 0) is 25.1 Å². The van der Waals surface area contributed by atoms with Gasteiger partial charge in [0.1, 0.15) is 0 Å². The van der Waals surface area contributed by atoms with E-state index < -0.39 is 4.92 Å². The standard InChI is InChI=1S/C18H16ClN5O3S/c1-11-14(8-5-9-15(11)24(26)27)20-16(25)10-28-18-22-21-17(23(18)2)12-6-3-4-7-13(12)19/h3-9H,10H2,1-2H3,(H,20,25). The molecule has 0 saturated heterocycles. The fraction of sp³-hybridized carbons (Fsp3) is 0.167. The van der Waals surface area contributed by atoms with Crippen LogP contribution in [-0.2, 0) is 11.8 Å². The van der Waals surface area contributed by atoms with Crippen molar-refractivity contribution < 1.29 is 9.72 Å². The Kier molecular flexibility index (Phi) is 5.96. The number of thioether (sulfide) groups is 1. The normalized spacial score (nSPS) is 10.7. The fourth-order valence-electron chi connectivity index (χ4n) is 2.59. The lowest BCUT2D eigenvalue weighted by molar-refractivity contribution is -0.385. The quantitative estimate of drug-likeness (QED) is 0.368. The van der Waals surface area contributed by atoms with Crippen LogP contribution in [0.1, 0.15) is 5.56 Å². The molecule has 8 nitrogen and oxygen atoms in total. The molecule has 0 aliphatic heterocycles. The first kappa shape index (κ1) is 19.8. The van der Waals surface area contributed by atoms with Gasteiger partial charge in [0.05, 0.1) is 26.9 Å². The molecule has 0 bridgehead atoms. The van der Waals surface area contributed by atoms with Crippen molar-refractivity contribution in [2.75, 3.05) is 11.1 Å². The molecule has 1 heterocycles. The zero-order chi connectivity index (χ0) is 20.3. The molecule has 1 amide bonds. The molecule has 0 unspecified atom stereocenters. The van der Waals surface area contributed by atoms with Crippen LogP contribution < -0.4 is 5.32 Å². The van der Waals surface area contributed by atoms with Crippen LogP contribution in [0, 0.1) is 17.0 Å². The van der Waals surface area contributed by atoms with E-state index in [0.29, 0.717) is 27.3 Å². The second-order valence-electron chi connectivity index (χ2n) is 5.89. The summed E-state index contributed by atoms with van der Waals surface area (Å²) in [7, 11) is 1.80. The van der Waals surface area contributed by atoms with Crippen molar-refractivity contribution in [1.29, 1.82) is 0 Å². The lowest BCUT2D eigenvalue weighted by Gasteiger charge is -2.08. The van der Waals surface area contributed by atoms with Gasteiger partial charge in [0.25, 0.3) is 5.69 Å². The average Bonchev–Trinajstić information content (AvgIpc) is 3.02. The zero-order valence-corrected chi connectivity index (χ0v) is 16.6. The van der Waals surface area contributed by atoms with Crippen LogP contribution in [0.25, 0.3) is 11.4 Å². The summed E-state index contributed by atoms with van der Waals surface area (Å²) in [6.07, 6.45) is 0. The maximum Gasteiger partial charge on any atom is 0.274 e. The second kappa shape index (κ2) is 8.41. The number of amides is 1. The number of nitro groups is 1. The molecule has 0 aliphatic rings. The van der Waals surface area contributed by atoms with Gasteiger partial charge in [-0.2, -0.15) is 0 Å². The van der Waals surface area contributed by atoms with E-state index >= 15 is 0 Å². The van der Waals surface area contributed by atoms with Crippen LogP contribution in [0.15, 0.2) is 47.6 Å². The van der Waals surface area contributed by atoms with Gasteiger partial charge >= 0.3 is 0 Å². The van der Waals surface area contributed by atoms with E-state index in [1.807, 2.05) is 18.2 Å². The molecule has 28 heavy (non-hydrogen) atoms. The summed E-state index contributed by atoms with van der Waals surface area (Å²) >= 11 is 7.42. The molecular weight excluding hydrogens is 402 g/mol. The molecule has 10 heteroatoms. The summed E-state index contributed by atoms with van der Waals surface area (Å²) in [5.41, 5.74) is 1.53. The molecule has 1 N–H and O–H groups in total. The van der Waals surface area contributed by atoms with Crippen molar-refractivity contribution in [1.82, 2.24) is 14.8 Å². The highest BCUT2D eigenvalue weighted by atomic mass is 35.5. The summed E-state index contributed by atoms with van der Waals surface area (Å²) in [5, 5.41) is 23.1. The third-order valence-corrected chi connectivity index (χ3v) is 5.41. The summed E-state index contributed by atoms with van der Waals surface area (Å²) in [4.78, 5) is 22.8. The summed E-state index contributed by atoms with van der Waals surface area (Å²) in [5.74, 6) is 0.385. The number of rotatable bonds is 6. The highest BCUT2D eigenvalue weighted by molar-refractivity contribution is 7.99. The first-order chi connectivity index (χ1) is 13.4. The van der Waals surface area contributed by atoms with E-state index in [1.54, 1.807) is 30.7 Å². The number of hydrogen-bond acceptors (Lipinski definition) is 6. The van der Waals surface area contributed by atoms with Gasteiger partial charge in [0, 0.05) is 18.7 Å². The number of halogens is 1. The van der Waals surface area contributed by atoms with Gasteiger partial charge in [0.15, 0.2) is 11.0 Å². The third kappa shape index (κ3) is 4.15. The number of hydrogen-bond donors (Lipinski definition) is 1. The highest BCUT2D eigenvalue weighted by Crippen LogP contribution is 2.29. The van der Waals surface area contributed by atoms with E-state index in [-0.39, 0.29) is 17.3 Å². The van der Waals surface area contributed by atoms with Crippen molar-refractivity contribution in [3.8, 4) is 11.4 Å². The number of nitrogens with one attached hydrogen (secondary N) is 1. The van der Waals surface area contributed by atoms with Gasteiger partial charge in [-0.1, -0.05) is 41.6 Å². The Morgan fingerprint density at radius 1 is 1.25 bits per heavy atom. The lowest BCUT2D eigenvalue weighted by Crippen LogP contribution is -2.15. The molecule has 3 aromatic rings. The number of anilines is 1. The van der Waals surface area contributed by atoms with Crippen LogP contribution in [-0.4, -0.2) is 31.3 Å². The van der Waals surface area contributed by atoms with Crippen molar-refractivity contribution in [2.24, 2.45) is 7.05 Å². The Labute approximate surface area is 170 Å². The van der Waals surface area contributed by atoms with Gasteiger partial charge in [0.2, 0.25) is 5.91 Å². The average molecular weight is 418 g/mol. The van der Waals surface area contributed by atoms with Crippen LogP contribution in [0.2, 0.25) is 5.02 Å². The van der Waals surface area contributed by atoms with E-state index in [9.17, 15) is 14.9 Å². The zero-order valence-electron chi connectivity index (χ0n) is 15.0. The number of carbonyl (C=O) groups is 1. The minimum Gasteiger partial charge on any atom is -0.325 e. The van der Waals surface area contributed by atoms with Gasteiger partial charge in [-0.25, -0.2) is 0 Å². The summed E-state index contributed by atoms with van der Waals surface area (Å²) in [6, 6.07) is 11.9. The number of aromatic nitrogens is 3. The van der Waals surface area contributed by atoms with Crippen molar-refractivity contribution >= 4 is 40.6 Å². The second-order valence-corrected chi connectivity index (χ2v) is 7.24. The topological polar surface area (TPSA) is 103 Å². The molecule has 0 saturated carbocycles. The monoisotopic (exact) mass is 417 g/mol. The molecule has 144 valence electrons. The maximum absolute atomic E-state index is 12.3. The Hall–Kier alpha value is -2.91. The first-order valence-electron chi connectivity index (χ1n) is 8.19. The van der Waals surface area contributed by atoms with Gasteiger partial charge in [-0.3, -0.25) is 14.9 Å². The number of benzene rings is 2. The molecular formula is C18H16ClN5O3S. The predicted octanol–water partition coefficient (Wildman–Crippen LogP) is 4.08. The lowest BCUT2D eigenvalue weighted by atomic mass is 10.1. The Balaban J connectivity index is 1.69. The molecule has 0 radical (unpaired) electrons. The largest absolute Gasteiger partial charge is 0.325 e. The number of carbonyl (C=O) groups excluding carboxylic acids is 1. The Morgan fingerprint density at radius 3 is 2.71 bits per heavy atom. The smallest absolute Gasteiger partial charge is 0.274 e. The van der Waals surface area contributed by atoms with Gasteiger partial charge < -0.3 is 9.88 Å². The van der Waals surface area contributed by atoms with Crippen LogP contribution in [0.3, 0.4) is 0 Å². The highest BCUT2D eigenvalue weighted by Gasteiger charge is 2.17. The SMILES string of the molecule is Cc1c(NC(=O)CSc2nnc(-c3ccccc3Cl)n2C)cccc1[N+](=O)[O-]. The van der Waals surface area contributed by atoms with Crippen molar-refractivity contribution in [3.63, 3.8) is 0 Å². The van der Waals surface area contributed by atoms with Crippen molar-refractivity contribution in [2.45, 2.75) is 12.1 Å². The molecule has 2 aromatic carbocycles. The molecule has 0 spiro atoms. The van der Waals surface area contributed by atoms with Crippen LogP contribution in [0.5, 0.6) is 0 Å². The third-order valence-electron chi connectivity index (χ3n) is 4.06. The van der Waals surface area contributed by atoms with Gasteiger partial charge in [-0.15, -0.1) is 10.2 Å². The molecule has 1 aromatic heterocycles. The van der Waals surface area contributed by atoms with E-state index in [2.05, 4.69) is 15.5 Å². The summed E-state index contributed by atoms with van der Waals surface area (Å²) in [6.45, 7) is 1.60. The minimum atomic E-state index is -0.477. The molecule has 0 aliphatic carbocycles. The molecule has 0 fully saturated rings. The minimum absolute atomic E-state index is 0.0388.